The molecule has 0 spiro atoms. The van der Waals surface area contributed by atoms with Crippen LogP contribution in [-0.2, 0) is 4.84 Å². The standard InChI is InChI=1S/C9H9BrClNO/c1-6(12-13-2)8-4-3-7(10)5-9(8)11/h3-5H,1-2H3/b12-6-. The smallest absolute Gasteiger partial charge is 0.106 e. The maximum atomic E-state index is 5.99. The highest BCUT2D eigenvalue weighted by atomic mass is 79.9. The summed E-state index contributed by atoms with van der Waals surface area (Å²) in [7, 11) is 1.51. The maximum absolute atomic E-state index is 5.99. The van der Waals surface area contributed by atoms with Crippen molar-refractivity contribution in [2.75, 3.05) is 7.11 Å². The van der Waals surface area contributed by atoms with Gasteiger partial charge in [0.1, 0.15) is 7.11 Å². The van der Waals surface area contributed by atoms with Gasteiger partial charge in [-0.05, 0) is 19.1 Å². The van der Waals surface area contributed by atoms with Gasteiger partial charge < -0.3 is 4.84 Å². The maximum Gasteiger partial charge on any atom is 0.106 e. The van der Waals surface area contributed by atoms with Crippen molar-refractivity contribution in [3.8, 4) is 0 Å². The number of benzene rings is 1. The van der Waals surface area contributed by atoms with Crippen LogP contribution in [0.2, 0.25) is 5.02 Å². The number of oxime groups is 1. The second kappa shape index (κ2) is 4.63. The number of rotatable bonds is 2. The second-order valence-corrected chi connectivity index (χ2v) is 3.81. The number of hydrogen-bond acceptors (Lipinski definition) is 2. The van der Waals surface area contributed by atoms with Gasteiger partial charge in [-0.25, -0.2) is 0 Å². The SMILES string of the molecule is CO/N=C(/C)c1ccc(Br)cc1Cl. The fourth-order valence-corrected chi connectivity index (χ4v) is 1.78. The monoisotopic (exact) mass is 261 g/mol. The van der Waals surface area contributed by atoms with Gasteiger partial charge in [0.05, 0.1) is 10.7 Å². The van der Waals surface area contributed by atoms with Gasteiger partial charge in [0, 0.05) is 10.0 Å². The first-order chi connectivity index (χ1) is 6.15. The minimum absolute atomic E-state index is 0.660. The second-order valence-electron chi connectivity index (χ2n) is 2.48. The molecule has 0 aliphatic carbocycles. The van der Waals surface area contributed by atoms with E-state index in [1.54, 1.807) is 0 Å². The third-order valence-corrected chi connectivity index (χ3v) is 2.36. The first-order valence-electron chi connectivity index (χ1n) is 3.68. The van der Waals surface area contributed by atoms with E-state index in [1.165, 1.54) is 7.11 Å². The summed E-state index contributed by atoms with van der Waals surface area (Å²) in [6.07, 6.45) is 0. The summed E-state index contributed by atoms with van der Waals surface area (Å²) in [4.78, 5) is 4.66. The van der Waals surface area contributed by atoms with Crippen molar-refractivity contribution < 1.29 is 4.84 Å². The first kappa shape index (κ1) is 10.5. The van der Waals surface area contributed by atoms with E-state index in [0.717, 1.165) is 15.7 Å². The minimum Gasteiger partial charge on any atom is -0.399 e. The van der Waals surface area contributed by atoms with Crippen molar-refractivity contribution in [2.24, 2.45) is 5.16 Å². The van der Waals surface area contributed by atoms with Crippen molar-refractivity contribution in [3.63, 3.8) is 0 Å². The minimum atomic E-state index is 0.660. The molecule has 2 nitrogen and oxygen atoms in total. The Labute approximate surface area is 90.7 Å². The zero-order valence-electron chi connectivity index (χ0n) is 7.34. The molecule has 1 rings (SSSR count). The molecule has 0 saturated carbocycles. The quantitative estimate of drug-likeness (QED) is 0.591. The van der Waals surface area contributed by atoms with Crippen molar-refractivity contribution in [1.29, 1.82) is 0 Å². The third-order valence-electron chi connectivity index (χ3n) is 1.55. The Kier molecular flexibility index (Phi) is 3.75. The van der Waals surface area contributed by atoms with Gasteiger partial charge in [-0.15, -0.1) is 0 Å². The van der Waals surface area contributed by atoms with E-state index < -0.39 is 0 Å². The highest BCUT2D eigenvalue weighted by Crippen LogP contribution is 2.21. The Hall–Kier alpha value is -0.540. The third kappa shape index (κ3) is 2.71. The predicted molar refractivity (Wildman–Crippen MR) is 58.4 cm³/mol. The molecule has 13 heavy (non-hydrogen) atoms. The van der Waals surface area contributed by atoms with Crippen LogP contribution >= 0.6 is 27.5 Å². The highest BCUT2D eigenvalue weighted by Gasteiger charge is 2.04. The molecule has 0 heterocycles. The summed E-state index contributed by atoms with van der Waals surface area (Å²) >= 11 is 9.32. The van der Waals surface area contributed by atoms with Gasteiger partial charge in [0.2, 0.25) is 0 Å². The van der Waals surface area contributed by atoms with Crippen molar-refractivity contribution in [3.05, 3.63) is 33.3 Å². The average Bonchev–Trinajstić information content (AvgIpc) is 2.04. The molecule has 0 atom stereocenters. The van der Waals surface area contributed by atoms with Gasteiger partial charge in [0.15, 0.2) is 0 Å². The number of halogens is 2. The summed E-state index contributed by atoms with van der Waals surface area (Å²) in [5, 5.41) is 4.46. The van der Waals surface area contributed by atoms with Crippen LogP contribution in [0.25, 0.3) is 0 Å². The average molecular weight is 263 g/mol. The lowest BCUT2D eigenvalue weighted by atomic mass is 10.1. The Morgan fingerprint density at radius 1 is 1.54 bits per heavy atom. The molecule has 0 saturated heterocycles. The molecule has 0 amide bonds. The van der Waals surface area contributed by atoms with Crippen LogP contribution in [0.5, 0.6) is 0 Å². The topological polar surface area (TPSA) is 21.6 Å². The van der Waals surface area contributed by atoms with E-state index in [-0.39, 0.29) is 0 Å². The number of hydrogen-bond donors (Lipinski definition) is 0. The van der Waals surface area contributed by atoms with Crippen molar-refractivity contribution in [1.82, 2.24) is 0 Å². The molecule has 0 N–H and O–H groups in total. The lowest BCUT2D eigenvalue weighted by molar-refractivity contribution is 0.213. The van der Waals surface area contributed by atoms with Crippen molar-refractivity contribution >= 4 is 33.2 Å². The van der Waals surface area contributed by atoms with Crippen LogP contribution in [0.4, 0.5) is 0 Å². The Morgan fingerprint density at radius 2 is 2.23 bits per heavy atom. The van der Waals surface area contributed by atoms with E-state index in [4.69, 9.17) is 11.6 Å². The summed E-state index contributed by atoms with van der Waals surface area (Å²) in [6.45, 7) is 1.85. The molecule has 4 heteroatoms. The van der Waals surface area contributed by atoms with Crippen LogP contribution in [0.15, 0.2) is 27.8 Å². The molecule has 0 fully saturated rings. The van der Waals surface area contributed by atoms with Crippen LogP contribution < -0.4 is 0 Å². The zero-order chi connectivity index (χ0) is 9.84. The summed E-state index contributed by atoms with van der Waals surface area (Å²) in [5.74, 6) is 0. The van der Waals surface area contributed by atoms with Gasteiger partial charge in [-0.3, -0.25) is 0 Å². The zero-order valence-corrected chi connectivity index (χ0v) is 9.69. The first-order valence-corrected chi connectivity index (χ1v) is 4.85. The Balaban J connectivity index is 3.09. The molecule has 0 radical (unpaired) electrons. The van der Waals surface area contributed by atoms with Crippen LogP contribution in [0.1, 0.15) is 12.5 Å². The van der Waals surface area contributed by atoms with Gasteiger partial charge in [-0.1, -0.05) is 38.8 Å². The molecule has 0 unspecified atom stereocenters. The molecule has 70 valence electrons. The highest BCUT2D eigenvalue weighted by molar-refractivity contribution is 9.10. The summed E-state index contributed by atoms with van der Waals surface area (Å²) in [6, 6.07) is 5.63. The van der Waals surface area contributed by atoms with Crippen molar-refractivity contribution in [2.45, 2.75) is 6.92 Å². The fourth-order valence-electron chi connectivity index (χ4n) is 0.969. The molecular formula is C9H9BrClNO. The summed E-state index contributed by atoms with van der Waals surface area (Å²) < 4.78 is 0.950. The van der Waals surface area contributed by atoms with Gasteiger partial charge >= 0.3 is 0 Å². The van der Waals surface area contributed by atoms with E-state index in [9.17, 15) is 0 Å². The Bertz CT molecular complexity index is 338. The van der Waals surface area contributed by atoms with E-state index in [1.807, 2.05) is 25.1 Å². The largest absolute Gasteiger partial charge is 0.399 e. The predicted octanol–water partition coefficient (Wildman–Crippen LogP) is 3.47. The Morgan fingerprint density at radius 3 is 2.77 bits per heavy atom. The molecule has 1 aromatic carbocycles. The normalized spacial score (nSPS) is 11.5. The van der Waals surface area contributed by atoms with E-state index >= 15 is 0 Å². The molecule has 0 aromatic heterocycles. The van der Waals surface area contributed by atoms with Gasteiger partial charge in [0.25, 0.3) is 0 Å². The van der Waals surface area contributed by atoms with Gasteiger partial charge in [-0.2, -0.15) is 0 Å². The lowest BCUT2D eigenvalue weighted by Gasteiger charge is -2.02. The van der Waals surface area contributed by atoms with Crippen LogP contribution in [0.3, 0.4) is 0 Å². The number of nitrogens with zero attached hydrogens (tertiary/aromatic N) is 1. The molecule has 1 aromatic rings. The van der Waals surface area contributed by atoms with E-state index in [0.29, 0.717) is 5.02 Å². The molecular weight excluding hydrogens is 253 g/mol. The molecule has 0 aliphatic heterocycles. The van der Waals surface area contributed by atoms with E-state index in [2.05, 4.69) is 25.9 Å². The molecule has 0 aliphatic rings. The van der Waals surface area contributed by atoms with Crippen LogP contribution in [0, 0.1) is 0 Å². The fraction of sp³-hybridized carbons (Fsp3) is 0.222. The summed E-state index contributed by atoms with van der Waals surface area (Å²) in [5.41, 5.74) is 1.65. The van der Waals surface area contributed by atoms with Crippen LogP contribution in [-0.4, -0.2) is 12.8 Å². The lowest BCUT2D eigenvalue weighted by Crippen LogP contribution is -1.96. The molecule has 0 bridgehead atoms.